The first-order valence-corrected chi connectivity index (χ1v) is 25.1. The van der Waals surface area contributed by atoms with Gasteiger partial charge in [-0.15, -0.1) is 69.6 Å². The van der Waals surface area contributed by atoms with Gasteiger partial charge in [-0.3, -0.25) is 0 Å². The monoisotopic (exact) mass is 950 g/mol. The molecule has 0 heterocycles. The molecule has 0 aliphatic carbocycles. The zero-order valence-corrected chi connectivity index (χ0v) is 44.3. The summed E-state index contributed by atoms with van der Waals surface area (Å²) in [5.41, 5.74) is 24.1. The van der Waals surface area contributed by atoms with Crippen molar-refractivity contribution in [3.05, 3.63) is 192 Å². The molecule has 2 radical (unpaired) electrons. The molecule has 0 atom stereocenters. The Kier molecular flexibility index (Phi) is 21.3. The van der Waals surface area contributed by atoms with E-state index in [2.05, 4.69) is 197 Å². The second-order valence-corrected chi connectivity index (χ2v) is 16.7. The Bertz CT molecular complexity index is 2280. The maximum absolute atomic E-state index is 3.06. The molecule has 8 aromatic carbocycles. The molecule has 8 aromatic rings. The quantitative estimate of drug-likeness (QED) is 0.105. The van der Waals surface area contributed by atoms with Gasteiger partial charge in [-0.1, -0.05) is 202 Å². The fourth-order valence-corrected chi connectivity index (χ4v) is 9.11. The van der Waals surface area contributed by atoms with E-state index in [9.17, 15) is 0 Å². The third kappa shape index (κ3) is 12.7. The molecule has 0 amide bonds. The van der Waals surface area contributed by atoms with E-state index >= 15 is 0 Å². The van der Waals surface area contributed by atoms with Gasteiger partial charge in [0.15, 0.2) is 0 Å². The minimum absolute atomic E-state index is 0. The van der Waals surface area contributed by atoms with Crippen LogP contribution in [0.4, 0.5) is 0 Å². The molecule has 0 aromatic heterocycles. The molecular weight excluding hydrogens is 887 g/mol. The Labute approximate surface area is 404 Å². The van der Waals surface area contributed by atoms with E-state index in [1.807, 2.05) is 0 Å². The zero-order chi connectivity index (χ0) is 41.7. The van der Waals surface area contributed by atoms with Crippen molar-refractivity contribution < 1.29 is 23.3 Å². The summed E-state index contributed by atoms with van der Waals surface area (Å²) in [5.74, 6) is 0. The number of benzene rings is 6. The SMILES string of the molecule is CCCc1cc2c(-c3cc(C)cc(C)c3)ccc(-c3cc(C)cc(C)c3)c2[cH-]1.CCCc1cc2c(-c3cc(C)cc(C)c3)ccc(-c3cc(C)cc(C)c3)c2[cH-]1.Cl.Cl.[CH3-].[CH3-].[Si]=[Zr]. The predicted molar refractivity (Wildman–Crippen MR) is 280 cm³/mol. The standard InChI is InChI=1S/2C28H29.2CH3.2ClH.Si.Zr/c2*1-6-7-22-16-27-25(23-12-18(2)10-19(3)13-23)8-9-26(28(27)17-22)24-14-20(4)11-21(5)15-24;;;;;;/h2*8-17H,6-7H2,1-5H3;2*1H3;2*1H;;/q4*-1;;;;. The van der Waals surface area contributed by atoms with E-state index < -0.39 is 0 Å². The zero-order valence-electron chi connectivity index (χ0n) is 39.2. The van der Waals surface area contributed by atoms with Crippen molar-refractivity contribution in [2.75, 3.05) is 0 Å². The number of aryl methyl sites for hydroxylation is 10. The molecule has 62 heavy (non-hydrogen) atoms. The van der Waals surface area contributed by atoms with Crippen molar-refractivity contribution in [1.82, 2.24) is 0 Å². The van der Waals surface area contributed by atoms with Crippen LogP contribution in [-0.4, -0.2) is 6.88 Å². The third-order valence-corrected chi connectivity index (χ3v) is 11.1. The van der Waals surface area contributed by atoms with Crippen LogP contribution in [0, 0.1) is 70.2 Å². The number of halogens is 2. The molecule has 0 bridgehead atoms. The summed E-state index contributed by atoms with van der Waals surface area (Å²) in [4.78, 5) is 0. The summed E-state index contributed by atoms with van der Waals surface area (Å²) < 4.78 is 0. The maximum atomic E-state index is 3.06. The Hall–Kier alpha value is -3.78. The van der Waals surface area contributed by atoms with Crippen molar-refractivity contribution in [3.8, 4) is 44.5 Å². The van der Waals surface area contributed by atoms with Crippen molar-refractivity contribution in [2.24, 2.45) is 0 Å². The number of hydrogen-bond donors (Lipinski definition) is 0. The Morgan fingerprint density at radius 1 is 0.371 bits per heavy atom. The fraction of sp³-hybridized carbons (Fsp3) is 0.241. The second kappa shape index (κ2) is 24.3. The van der Waals surface area contributed by atoms with Gasteiger partial charge in [0, 0.05) is 0 Å². The molecule has 0 unspecified atom stereocenters. The van der Waals surface area contributed by atoms with Gasteiger partial charge < -0.3 is 14.9 Å². The summed E-state index contributed by atoms with van der Waals surface area (Å²) >= 11 is 1.36. The average molecular weight is 953 g/mol. The Morgan fingerprint density at radius 3 is 0.839 bits per heavy atom. The van der Waals surface area contributed by atoms with E-state index in [0.717, 1.165) is 12.8 Å². The van der Waals surface area contributed by atoms with Gasteiger partial charge >= 0.3 is 30.2 Å². The van der Waals surface area contributed by atoms with Crippen LogP contribution in [-0.2, 0) is 36.2 Å². The van der Waals surface area contributed by atoms with Crippen LogP contribution in [0.3, 0.4) is 0 Å². The molecule has 324 valence electrons. The number of rotatable bonds is 8. The third-order valence-electron chi connectivity index (χ3n) is 11.1. The van der Waals surface area contributed by atoms with Crippen LogP contribution >= 0.6 is 24.8 Å². The second-order valence-electron chi connectivity index (χ2n) is 16.7. The van der Waals surface area contributed by atoms with E-state index in [1.54, 1.807) is 0 Å². The summed E-state index contributed by atoms with van der Waals surface area (Å²) in [6, 6.07) is 46.4. The van der Waals surface area contributed by atoms with Crippen LogP contribution in [0.2, 0.25) is 0 Å². The molecule has 0 N–H and O–H groups in total. The average Bonchev–Trinajstić information content (AvgIpc) is 3.78. The van der Waals surface area contributed by atoms with E-state index in [-0.39, 0.29) is 39.7 Å². The van der Waals surface area contributed by atoms with E-state index in [1.165, 1.54) is 158 Å². The first-order valence-electron chi connectivity index (χ1n) is 20.9. The topological polar surface area (TPSA) is 0 Å². The summed E-state index contributed by atoms with van der Waals surface area (Å²) in [6.45, 7) is 25.1. The Morgan fingerprint density at radius 2 is 0.597 bits per heavy atom. The molecule has 0 spiro atoms. The molecule has 0 aliphatic rings. The van der Waals surface area contributed by atoms with Gasteiger partial charge in [-0.05, 0) is 79.4 Å². The fourth-order valence-electron chi connectivity index (χ4n) is 9.11. The van der Waals surface area contributed by atoms with Crippen LogP contribution in [0.25, 0.3) is 66.1 Å². The van der Waals surface area contributed by atoms with Gasteiger partial charge in [0.1, 0.15) is 0 Å². The first-order chi connectivity index (χ1) is 27.9. The number of hydrogen-bond acceptors (Lipinski definition) is 0. The molecule has 0 saturated heterocycles. The van der Waals surface area contributed by atoms with Crippen molar-refractivity contribution in [2.45, 2.75) is 94.9 Å². The van der Waals surface area contributed by atoms with Crippen molar-refractivity contribution >= 4 is 53.2 Å². The van der Waals surface area contributed by atoms with E-state index in [4.69, 9.17) is 0 Å². The van der Waals surface area contributed by atoms with Crippen molar-refractivity contribution in [1.29, 1.82) is 0 Å². The van der Waals surface area contributed by atoms with Crippen LogP contribution in [0.15, 0.2) is 121 Å². The molecule has 8 rings (SSSR count). The molecule has 0 fully saturated rings. The first kappa shape index (κ1) is 54.4. The normalized spacial score (nSPS) is 10.3. The minimum atomic E-state index is 0. The van der Waals surface area contributed by atoms with E-state index in [0.29, 0.717) is 0 Å². The molecule has 0 nitrogen and oxygen atoms in total. The van der Waals surface area contributed by atoms with Gasteiger partial charge in [-0.25, -0.2) is 0 Å². The van der Waals surface area contributed by atoms with Gasteiger partial charge in [0.25, 0.3) is 0 Å². The van der Waals surface area contributed by atoms with Crippen molar-refractivity contribution in [3.63, 3.8) is 0 Å². The predicted octanol–water partition coefficient (Wildman–Crippen LogP) is 17.5. The van der Waals surface area contributed by atoms with Gasteiger partial charge in [0.2, 0.25) is 0 Å². The molecule has 4 heteroatoms. The van der Waals surface area contributed by atoms with Crippen LogP contribution < -0.4 is 0 Å². The molecule has 0 saturated carbocycles. The number of fused-ring (bicyclic) bond motifs is 2. The van der Waals surface area contributed by atoms with Gasteiger partial charge in [0.05, 0.1) is 0 Å². The summed E-state index contributed by atoms with van der Waals surface area (Å²) in [5, 5.41) is 5.52. The summed E-state index contributed by atoms with van der Waals surface area (Å²) in [6.07, 6.45) is 4.61. The molecule has 0 aliphatic heterocycles. The van der Waals surface area contributed by atoms with Gasteiger partial charge in [-0.2, -0.15) is 12.1 Å². The van der Waals surface area contributed by atoms with Crippen LogP contribution in [0.5, 0.6) is 0 Å². The molecular formula is C58H66Cl2SiZr-4. The summed E-state index contributed by atoms with van der Waals surface area (Å²) in [7, 11) is 0. The Balaban J connectivity index is 0.000000386. The van der Waals surface area contributed by atoms with Crippen LogP contribution in [0.1, 0.15) is 82.3 Å².